The number of epoxide rings is 2. The third-order valence-electron chi connectivity index (χ3n) is 3.19. The van der Waals surface area contributed by atoms with Crippen LogP contribution in [-0.4, -0.2) is 23.9 Å². The van der Waals surface area contributed by atoms with E-state index in [0.29, 0.717) is 18.3 Å². The van der Waals surface area contributed by atoms with Crippen molar-refractivity contribution in [3.63, 3.8) is 0 Å². The van der Waals surface area contributed by atoms with E-state index in [4.69, 9.17) is 9.47 Å². The molecule has 2 nitrogen and oxygen atoms in total. The molecule has 0 radical (unpaired) electrons. The summed E-state index contributed by atoms with van der Waals surface area (Å²) in [7, 11) is 0. The number of fused-ring (bicyclic) bond motifs is 3. The maximum absolute atomic E-state index is 5.64. The Bertz CT molecular complexity index is 180. The van der Waals surface area contributed by atoms with Gasteiger partial charge in [0.15, 0.2) is 0 Å². The van der Waals surface area contributed by atoms with Gasteiger partial charge in [-0.3, -0.25) is 0 Å². The number of hydrogen-bond acceptors (Lipinski definition) is 2. The molecular formula is C8H12O2. The second-order valence-corrected chi connectivity index (χ2v) is 3.63. The molecule has 4 atom stereocenters. The van der Waals surface area contributed by atoms with Crippen LogP contribution < -0.4 is 0 Å². The summed E-state index contributed by atoms with van der Waals surface area (Å²) in [5.41, 5.74) is 0.275. The van der Waals surface area contributed by atoms with Gasteiger partial charge in [-0.2, -0.15) is 0 Å². The van der Waals surface area contributed by atoms with Gasteiger partial charge in [0.2, 0.25) is 0 Å². The van der Waals surface area contributed by atoms with E-state index in [1.165, 1.54) is 19.3 Å². The molecule has 2 saturated heterocycles. The van der Waals surface area contributed by atoms with Gasteiger partial charge in [-0.1, -0.05) is 6.92 Å². The predicted molar refractivity (Wildman–Crippen MR) is 35.8 cm³/mol. The van der Waals surface area contributed by atoms with Crippen LogP contribution in [0, 0.1) is 0 Å². The fourth-order valence-corrected chi connectivity index (χ4v) is 2.29. The van der Waals surface area contributed by atoms with Gasteiger partial charge < -0.3 is 9.47 Å². The van der Waals surface area contributed by atoms with Gasteiger partial charge in [0.25, 0.3) is 0 Å². The molecule has 3 fully saturated rings. The van der Waals surface area contributed by atoms with Crippen molar-refractivity contribution in [3.05, 3.63) is 0 Å². The lowest BCUT2D eigenvalue weighted by Gasteiger charge is -2.10. The zero-order valence-corrected chi connectivity index (χ0v) is 6.17. The summed E-state index contributed by atoms with van der Waals surface area (Å²) in [5.74, 6) is 0. The smallest absolute Gasteiger partial charge is 0.116 e. The van der Waals surface area contributed by atoms with Crippen molar-refractivity contribution in [2.24, 2.45) is 0 Å². The fraction of sp³-hybridized carbons (Fsp3) is 1.00. The van der Waals surface area contributed by atoms with Gasteiger partial charge in [-0.15, -0.1) is 0 Å². The molecule has 0 aromatic carbocycles. The molecule has 56 valence electrons. The number of hydrogen-bond donors (Lipinski definition) is 0. The lowest BCUT2D eigenvalue weighted by molar-refractivity contribution is 0.245. The zero-order chi connectivity index (χ0) is 6.77. The Hall–Kier alpha value is -0.0800. The first-order valence-electron chi connectivity index (χ1n) is 4.19. The Morgan fingerprint density at radius 3 is 3.30 bits per heavy atom. The van der Waals surface area contributed by atoms with Crippen LogP contribution in [0.15, 0.2) is 0 Å². The molecule has 2 heteroatoms. The Morgan fingerprint density at radius 1 is 1.60 bits per heavy atom. The van der Waals surface area contributed by atoms with Crippen LogP contribution in [0.3, 0.4) is 0 Å². The van der Waals surface area contributed by atoms with Gasteiger partial charge in [-0.25, -0.2) is 0 Å². The van der Waals surface area contributed by atoms with Crippen LogP contribution in [0.4, 0.5) is 0 Å². The zero-order valence-electron chi connectivity index (χ0n) is 6.17. The van der Waals surface area contributed by atoms with E-state index in [2.05, 4.69) is 6.92 Å². The summed E-state index contributed by atoms with van der Waals surface area (Å²) in [4.78, 5) is 0. The quantitative estimate of drug-likeness (QED) is 0.509. The molecular weight excluding hydrogens is 128 g/mol. The molecule has 3 rings (SSSR count). The first kappa shape index (κ1) is 5.56. The molecule has 1 aliphatic carbocycles. The molecule has 1 saturated carbocycles. The normalized spacial score (nSPS) is 62.7. The van der Waals surface area contributed by atoms with Crippen LogP contribution in [0.2, 0.25) is 0 Å². The van der Waals surface area contributed by atoms with E-state index in [-0.39, 0.29) is 5.60 Å². The first-order chi connectivity index (χ1) is 4.86. The molecule has 4 unspecified atom stereocenters. The third kappa shape index (κ3) is 0.487. The number of rotatable bonds is 1. The summed E-state index contributed by atoms with van der Waals surface area (Å²) >= 11 is 0. The van der Waals surface area contributed by atoms with Crippen LogP contribution in [0.1, 0.15) is 26.2 Å². The van der Waals surface area contributed by atoms with Gasteiger partial charge in [-0.05, 0) is 19.3 Å². The van der Waals surface area contributed by atoms with Crippen molar-refractivity contribution >= 4 is 0 Å². The molecule has 0 bridgehead atoms. The Labute approximate surface area is 60.5 Å². The molecule has 2 aliphatic heterocycles. The Balaban J connectivity index is 1.84. The highest BCUT2D eigenvalue weighted by Crippen LogP contribution is 2.56. The highest BCUT2D eigenvalue weighted by atomic mass is 16.7. The van der Waals surface area contributed by atoms with Crippen LogP contribution in [0.25, 0.3) is 0 Å². The molecule has 2 heterocycles. The van der Waals surface area contributed by atoms with Gasteiger partial charge in [0.05, 0.1) is 11.7 Å². The van der Waals surface area contributed by atoms with Crippen LogP contribution in [-0.2, 0) is 9.47 Å². The molecule has 0 aromatic rings. The SMILES string of the molecule is CCC12CCC3OC3C1O2. The summed E-state index contributed by atoms with van der Waals surface area (Å²) in [6, 6.07) is 0. The molecule has 0 N–H and O–H groups in total. The monoisotopic (exact) mass is 140 g/mol. The lowest BCUT2D eigenvalue weighted by Crippen LogP contribution is -2.23. The second kappa shape index (κ2) is 1.41. The van der Waals surface area contributed by atoms with E-state index in [1.807, 2.05) is 0 Å². The minimum Gasteiger partial charge on any atom is -0.367 e. The average Bonchev–Trinajstić information content (AvgIpc) is 2.82. The average molecular weight is 140 g/mol. The first-order valence-corrected chi connectivity index (χ1v) is 4.19. The molecule has 10 heavy (non-hydrogen) atoms. The Kier molecular flexibility index (Phi) is 0.783. The van der Waals surface area contributed by atoms with Gasteiger partial charge >= 0.3 is 0 Å². The van der Waals surface area contributed by atoms with E-state index in [0.717, 1.165) is 0 Å². The second-order valence-electron chi connectivity index (χ2n) is 3.63. The molecule has 0 aromatic heterocycles. The highest BCUT2D eigenvalue weighted by molar-refractivity contribution is 5.16. The highest BCUT2D eigenvalue weighted by Gasteiger charge is 2.69. The lowest BCUT2D eigenvalue weighted by atomic mass is 9.87. The minimum absolute atomic E-state index is 0.275. The molecule has 0 spiro atoms. The standard InChI is InChI=1S/C8H12O2/c1-2-8-4-3-5-6(9-5)7(8)10-8/h5-7H,2-4H2,1H3. The maximum Gasteiger partial charge on any atom is 0.116 e. The predicted octanol–water partition coefficient (Wildman–Crippen LogP) is 1.10. The van der Waals surface area contributed by atoms with Crippen LogP contribution in [0.5, 0.6) is 0 Å². The van der Waals surface area contributed by atoms with Crippen molar-refractivity contribution in [1.82, 2.24) is 0 Å². The van der Waals surface area contributed by atoms with Crippen molar-refractivity contribution < 1.29 is 9.47 Å². The van der Waals surface area contributed by atoms with E-state index in [1.54, 1.807) is 0 Å². The third-order valence-corrected chi connectivity index (χ3v) is 3.19. The van der Waals surface area contributed by atoms with Crippen molar-refractivity contribution in [3.8, 4) is 0 Å². The maximum atomic E-state index is 5.64. The van der Waals surface area contributed by atoms with Crippen molar-refractivity contribution in [1.29, 1.82) is 0 Å². The Morgan fingerprint density at radius 2 is 2.50 bits per heavy atom. The van der Waals surface area contributed by atoms with E-state index in [9.17, 15) is 0 Å². The number of ether oxygens (including phenoxy) is 2. The summed E-state index contributed by atoms with van der Waals surface area (Å²) in [6.07, 6.45) is 5.19. The van der Waals surface area contributed by atoms with Gasteiger partial charge in [0, 0.05) is 0 Å². The van der Waals surface area contributed by atoms with Crippen molar-refractivity contribution in [2.75, 3.05) is 0 Å². The van der Waals surface area contributed by atoms with Crippen LogP contribution >= 0.6 is 0 Å². The fourth-order valence-electron chi connectivity index (χ4n) is 2.29. The van der Waals surface area contributed by atoms with E-state index >= 15 is 0 Å². The van der Waals surface area contributed by atoms with E-state index < -0.39 is 0 Å². The summed E-state index contributed by atoms with van der Waals surface area (Å²) in [6.45, 7) is 2.21. The molecule has 0 amide bonds. The topological polar surface area (TPSA) is 25.1 Å². The van der Waals surface area contributed by atoms with Crippen molar-refractivity contribution in [2.45, 2.75) is 50.1 Å². The van der Waals surface area contributed by atoms with Gasteiger partial charge in [0.1, 0.15) is 12.2 Å². The minimum atomic E-state index is 0.275. The summed E-state index contributed by atoms with van der Waals surface area (Å²) < 4.78 is 11.1. The molecule has 3 aliphatic rings. The largest absolute Gasteiger partial charge is 0.367 e. The summed E-state index contributed by atoms with van der Waals surface area (Å²) in [5, 5.41) is 0.